The molecule has 2 aromatic carbocycles. The number of carbonyl (C=O) groups excluding carboxylic acids is 1. The lowest BCUT2D eigenvalue weighted by Crippen LogP contribution is -2.18. The zero-order chi connectivity index (χ0) is 22.2. The molecular formula is C23H26N4O3S. The van der Waals surface area contributed by atoms with Crippen molar-refractivity contribution in [1.29, 1.82) is 0 Å². The molecule has 7 nitrogen and oxygen atoms in total. The smallest absolute Gasteiger partial charge is 0.278 e. The Kier molecular flexibility index (Phi) is 5.66. The summed E-state index contributed by atoms with van der Waals surface area (Å²) in [5, 5.41) is 11.3. The van der Waals surface area contributed by atoms with Crippen LogP contribution in [-0.4, -0.2) is 34.6 Å². The third kappa shape index (κ3) is 4.25. The minimum Gasteiger partial charge on any atom is -0.321 e. The molecule has 3 aromatic rings. The van der Waals surface area contributed by atoms with E-state index in [-0.39, 0.29) is 16.9 Å². The number of benzene rings is 2. The fraction of sp³-hybridized carbons (Fsp3) is 0.348. The summed E-state index contributed by atoms with van der Waals surface area (Å²) in [4.78, 5) is 14.5. The van der Waals surface area contributed by atoms with Crippen LogP contribution >= 0.6 is 0 Å². The van der Waals surface area contributed by atoms with Gasteiger partial charge in [-0.05, 0) is 69.5 Å². The fourth-order valence-corrected chi connectivity index (χ4v) is 5.89. The molecule has 162 valence electrons. The molecule has 1 heterocycles. The SMILES string of the molecule is Cc1ccc(-n2nc(C)c(C(=O)Nc3ccc(S(=O)(=O)C4CCCC4)cc3)n2)c(C)c1. The number of amides is 1. The van der Waals surface area contributed by atoms with Crippen LogP contribution in [0.1, 0.15) is 53.0 Å². The molecule has 1 aliphatic rings. The number of nitrogens with zero attached hydrogens (tertiary/aromatic N) is 3. The zero-order valence-corrected chi connectivity index (χ0v) is 18.7. The predicted octanol–water partition coefficient (Wildman–Crippen LogP) is 4.16. The van der Waals surface area contributed by atoms with Crippen molar-refractivity contribution in [3.8, 4) is 5.69 Å². The van der Waals surface area contributed by atoms with Crippen molar-refractivity contribution in [3.05, 3.63) is 65.0 Å². The van der Waals surface area contributed by atoms with Crippen molar-refractivity contribution in [2.45, 2.75) is 56.6 Å². The van der Waals surface area contributed by atoms with Crippen molar-refractivity contribution in [1.82, 2.24) is 15.0 Å². The van der Waals surface area contributed by atoms with Gasteiger partial charge >= 0.3 is 0 Å². The van der Waals surface area contributed by atoms with Gasteiger partial charge in [-0.1, -0.05) is 30.5 Å². The lowest BCUT2D eigenvalue weighted by Gasteiger charge is -2.11. The molecule has 1 aliphatic carbocycles. The summed E-state index contributed by atoms with van der Waals surface area (Å²) in [5.74, 6) is -0.389. The summed E-state index contributed by atoms with van der Waals surface area (Å²) >= 11 is 0. The molecule has 1 N–H and O–H groups in total. The van der Waals surface area contributed by atoms with Crippen LogP contribution in [0.25, 0.3) is 5.69 Å². The summed E-state index contributed by atoms with van der Waals surface area (Å²) < 4.78 is 25.4. The number of anilines is 1. The van der Waals surface area contributed by atoms with E-state index in [2.05, 4.69) is 15.5 Å². The number of nitrogens with one attached hydrogen (secondary N) is 1. The molecule has 0 atom stereocenters. The fourth-order valence-electron chi connectivity index (χ4n) is 4.04. The van der Waals surface area contributed by atoms with Gasteiger partial charge in [0.15, 0.2) is 15.5 Å². The number of aryl methyl sites for hydroxylation is 3. The number of hydrogen-bond donors (Lipinski definition) is 1. The Bertz CT molecular complexity index is 1220. The van der Waals surface area contributed by atoms with E-state index in [4.69, 9.17) is 0 Å². The summed E-state index contributed by atoms with van der Waals surface area (Å²) in [5.41, 5.74) is 4.22. The molecule has 0 spiro atoms. The summed E-state index contributed by atoms with van der Waals surface area (Å²) in [7, 11) is -3.32. The number of aromatic nitrogens is 3. The molecule has 1 saturated carbocycles. The Balaban J connectivity index is 1.51. The monoisotopic (exact) mass is 438 g/mol. The maximum Gasteiger partial charge on any atom is 0.278 e. The first-order chi connectivity index (χ1) is 14.8. The molecule has 0 bridgehead atoms. The van der Waals surface area contributed by atoms with Gasteiger partial charge in [0, 0.05) is 5.69 Å². The first-order valence-corrected chi connectivity index (χ1v) is 12.0. The molecule has 0 aliphatic heterocycles. The molecule has 0 unspecified atom stereocenters. The minimum absolute atomic E-state index is 0.225. The van der Waals surface area contributed by atoms with Gasteiger partial charge in [0.25, 0.3) is 5.91 Å². The molecule has 4 rings (SSSR count). The van der Waals surface area contributed by atoms with Crippen LogP contribution < -0.4 is 5.32 Å². The van der Waals surface area contributed by atoms with Crippen LogP contribution in [0.3, 0.4) is 0 Å². The molecule has 1 aromatic heterocycles. The van der Waals surface area contributed by atoms with Gasteiger partial charge in [-0.15, -0.1) is 5.10 Å². The molecule has 31 heavy (non-hydrogen) atoms. The third-order valence-electron chi connectivity index (χ3n) is 5.75. The maximum atomic E-state index is 12.8. The van der Waals surface area contributed by atoms with E-state index < -0.39 is 9.84 Å². The maximum absolute atomic E-state index is 12.8. The molecule has 1 fully saturated rings. The Morgan fingerprint density at radius 1 is 1.00 bits per heavy atom. The average molecular weight is 439 g/mol. The normalized spacial score (nSPS) is 14.7. The number of rotatable bonds is 5. The second-order valence-corrected chi connectivity index (χ2v) is 10.4. The average Bonchev–Trinajstić information content (AvgIpc) is 3.39. The topological polar surface area (TPSA) is 94.0 Å². The second-order valence-electron chi connectivity index (χ2n) is 8.14. The van der Waals surface area contributed by atoms with Crippen molar-refractivity contribution >= 4 is 21.4 Å². The van der Waals surface area contributed by atoms with Gasteiger partial charge in [-0.25, -0.2) is 8.42 Å². The Morgan fingerprint density at radius 2 is 1.68 bits per heavy atom. The van der Waals surface area contributed by atoms with E-state index in [9.17, 15) is 13.2 Å². The van der Waals surface area contributed by atoms with Gasteiger partial charge < -0.3 is 5.32 Å². The van der Waals surface area contributed by atoms with Crippen molar-refractivity contribution in [2.24, 2.45) is 0 Å². The highest BCUT2D eigenvalue weighted by Crippen LogP contribution is 2.30. The standard InChI is InChI=1S/C23H26N4O3S/c1-15-8-13-21(16(2)14-15)27-25-17(3)22(26-27)23(28)24-18-9-11-20(12-10-18)31(29,30)19-6-4-5-7-19/h8-14,19H,4-7H2,1-3H3,(H,24,28). The van der Waals surface area contributed by atoms with Gasteiger partial charge in [-0.2, -0.15) is 9.90 Å². The van der Waals surface area contributed by atoms with Gasteiger partial charge in [-0.3, -0.25) is 4.79 Å². The van der Waals surface area contributed by atoms with Gasteiger partial charge in [0.05, 0.1) is 21.5 Å². The first kappa shape index (κ1) is 21.2. The van der Waals surface area contributed by atoms with Crippen molar-refractivity contribution in [3.63, 3.8) is 0 Å². The van der Waals surface area contributed by atoms with Gasteiger partial charge in [0.2, 0.25) is 0 Å². The summed E-state index contributed by atoms with van der Waals surface area (Å²) in [6.45, 7) is 5.73. The predicted molar refractivity (Wildman–Crippen MR) is 119 cm³/mol. The van der Waals surface area contributed by atoms with Crippen LogP contribution in [0.15, 0.2) is 47.4 Å². The Labute approximate surface area is 182 Å². The highest BCUT2D eigenvalue weighted by atomic mass is 32.2. The van der Waals surface area contributed by atoms with E-state index in [1.54, 1.807) is 31.2 Å². The van der Waals surface area contributed by atoms with E-state index in [0.717, 1.165) is 42.5 Å². The molecule has 0 radical (unpaired) electrons. The third-order valence-corrected chi connectivity index (χ3v) is 8.03. The van der Waals surface area contributed by atoms with Crippen LogP contribution in [0.5, 0.6) is 0 Å². The van der Waals surface area contributed by atoms with Crippen LogP contribution in [0, 0.1) is 20.8 Å². The van der Waals surface area contributed by atoms with E-state index in [1.807, 2.05) is 32.0 Å². The van der Waals surface area contributed by atoms with Crippen LogP contribution in [0.2, 0.25) is 0 Å². The lowest BCUT2D eigenvalue weighted by atomic mass is 10.1. The highest BCUT2D eigenvalue weighted by Gasteiger charge is 2.30. The highest BCUT2D eigenvalue weighted by molar-refractivity contribution is 7.92. The molecule has 1 amide bonds. The quantitative estimate of drug-likeness (QED) is 0.645. The largest absolute Gasteiger partial charge is 0.321 e. The zero-order valence-electron chi connectivity index (χ0n) is 17.9. The number of sulfone groups is 1. The van der Waals surface area contributed by atoms with Crippen molar-refractivity contribution < 1.29 is 13.2 Å². The minimum atomic E-state index is -3.32. The van der Waals surface area contributed by atoms with Crippen LogP contribution in [-0.2, 0) is 9.84 Å². The Hall–Kier alpha value is -3.00. The van der Waals surface area contributed by atoms with Gasteiger partial charge in [0.1, 0.15) is 0 Å². The number of carbonyl (C=O) groups is 1. The van der Waals surface area contributed by atoms with E-state index >= 15 is 0 Å². The Morgan fingerprint density at radius 3 is 2.32 bits per heavy atom. The van der Waals surface area contributed by atoms with E-state index in [0.29, 0.717) is 16.3 Å². The molecular weight excluding hydrogens is 412 g/mol. The van der Waals surface area contributed by atoms with Crippen molar-refractivity contribution in [2.75, 3.05) is 5.32 Å². The first-order valence-electron chi connectivity index (χ1n) is 10.4. The summed E-state index contributed by atoms with van der Waals surface area (Å²) in [6.07, 6.45) is 3.35. The van der Waals surface area contributed by atoms with Crippen LogP contribution in [0.4, 0.5) is 5.69 Å². The molecule has 8 heteroatoms. The lowest BCUT2D eigenvalue weighted by molar-refractivity contribution is 0.102. The molecule has 0 saturated heterocycles. The number of hydrogen-bond acceptors (Lipinski definition) is 5. The van der Waals surface area contributed by atoms with E-state index in [1.165, 1.54) is 4.80 Å². The summed E-state index contributed by atoms with van der Waals surface area (Å²) in [6, 6.07) is 12.3. The second kappa shape index (κ2) is 8.26.